The Kier molecular flexibility index (Phi) is 4.40. The molecule has 130 valence electrons. The molecule has 1 atom stereocenters. The first-order chi connectivity index (χ1) is 12.2. The van der Waals surface area contributed by atoms with Gasteiger partial charge in [0.05, 0.1) is 6.42 Å². The Morgan fingerprint density at radius 2 is 2.24 bits per heavy atom. The standard InChI is InChI=1S/C20H23N3O2/c1-14-4-6-21-19(8-14)22-11-16-5-7-23(13-16)12-15-2-3-17-10-20(24)25-18(17)9-15/h2-4,6,8-9,16H,5,7,10-13H2,1H3,(H,21,22)/t16-/m0/s1. The Bertz CT molecular complexity index is 790. The molecule has 1 fully saturated rings. The van der Waals surface area contributed by atoms with Crippen molar-refractivity contribution in [2.45, 2.75) is 26.3 Å². The smallest absolute Gasteiger partial charge is 0.315 e. The van der Waals surface area contributed by atoms with E-state index in [2.05, 4.69) is 34.3 Å². The molecule has 1 saturated heterocycles. The molecule has 0 unspecified atom stereocenters. The summed E-state index contributed by atoms with van der Waals surface area (Å²) in [5.74, 6) is 2.18. The molecule has 2 aliphatic rings. The van der Waals surface area contributed by atoms with Gasteiger partial charge in [0.2, 0.25) is 0 Å². The van der Waals surface area contributed by atoms with Crippen LogP contribution in [-0.4, -0.2) is 35.5 Å². The van der Waals surface area contributed by atoms with E-state index in [9.17, 15) is 4.79 Å². The average Bonchev–Trinajstić information content (AvgIpc) is 3.18. The minimum Gasteiger partial charge on any atom is -0.426 e. The third-order valence-corrected chi connectivity index (χ3v) is 4.95. The summed E-state index contributed by atoms with van der Waals surface area (Å²) < 4.78 is 5.26. The van der Waals surface area contributed by atoms with Gasteiger partial charge in [-0.25, -0.2) is 4.98 Å². The first-order valence-corrected chi connectivity index (χ1v) is 8.87. The summed E-state index contributed by atoms with van der Waals surface area (Å²) >= 11 is 0. The number of aromatic nitrogens is 1. The lowest BCUT2D eigenvalue weighted by molar-refractivity contribution is -0.131. The van der Waals surface area contributed by atoms with Crippen molar-refractivity contribution in [1.29, 1.82) is 0 Å². The molecule has 0 spiro atoms. The minimum atomic E-state index is -0.149. The largest absolute Gasteiger partial charge is 0.426 e. The second kappa shape index (κ2) is 6.84. The van der Waals surface area contributed by atoms with Crippen LogP contribution in [0.15, 0.2) is 36.5 Å². The number of aryl methyl sites for hydroxylation is 1. The van der Waals surface area contributed by atoms with E-state index in [1.807, 2.05) is 24.4 Å². The number of rotatable bonds is 5. The molecule has 5 heteroatoms. The van der Waals surface area contributed by atoms with Gasteiger partial charge >= 0.3 is 5.97 Å². The van der Waals surface area contributed by atoms with E-state index >= 15 is 0 Å². The Hall–Kier alpha value is -2.40. The van der Waals surface area contributed by atoms with Gasteiger partial charge in [0.1, 0.15) is 11.6 Å². The van der Waals surface area contributed by atoms with Gasteiger partial charge in [0.25, 0.3) is 0 Å². The van der Waals surface area contributed by atoms with Crippen LogP contribution < -0.4 is 10.1 Å². The predicted octanol–water partition coefficient (Wildman–Crippen LogP) is 2.79. The maximum absolute atomic E-state index is 11.4. The van der Waals surface area contributed by atoms with Gasteiger partial charge in [-0.1, -0.05) is 12.1 Å². The highest BCUT2D eigenvalue weighted by atomic mass is 16.5. The normalized spacial score (nSPS) is 19.7. The van der Waals surface area contributed by atoms with Crippen LogP contribution in [0, 0.1) is 12.8 Å². The zero-order valence-electron chi connectivity index (χ0n) is 14.5. The van der Waals surface area contributed by atoms with Crippen molar-refractivity contribution in [3.63, 3.8) is 0 Å². The number of nitrogens with one attached hydrogen (secondary N) is 1. The topological polar surface area (TPSA) is 54.5 Å². The van der Waals surface area contributed by atoms with Gasteiger partial charge in [-0.05, 0) is 55.1 Å². The summed E-state index contributed by atoms with van der Waals surface area (Å²) in [6.45, 7) is 6.12. The van der Waals surface area contributed by atoms with Crippen LogP contribution >= 0.6 is 0 Å². The molecule has 3 heterocycles. The maximum atomic E-state index is 11.4. The van der Waals surface area contributed by atoms with E-state index in [0.717, 1.165) is 43.3 Å². The van der Waals surface area contributed by atoms with Crippen molar-refractivity contribution >= 4 is 11.8 Å². The fourth-order valence-corrected chi connectivity index (χ4v) is 3.62. The molecule has 0 amide bonds. The third-order valence-electron chi connectivity index (χ3n) is 4.95. The lowest BCUT2D eigenvalue weighted by atomic mass is 10.1. The Labute approximate surface area is 148 Å². The highest BCUT2D eigenvalue weighted by molar-refractivity contribution is 5.81. The average molecular weight is 337 g/mol. The number of benzene rings is 1. The number of carbonyl (C=O) groups is 1. The quantitative estimate of drug-likeness (QED) is 0.672. The number of hydrogen-bond donors (Lipinski definition) is 1. The van der Waals surface area contributed by atoms with Crippen LogP contribution in [0.1, 0.15) is 23.1 Å². The van der Waals surface area contributed by atoms with Crippen LogP contribution in [0.25, 0.3) is 0 Å². The lowest BCUT2D eigenvalue weighted by Gasteiger charge is -2.17. The fraction of sp³-hybridized carbons (Fsp3) is 0.400. The number of anilines is 1. The van der Waals surface area contributed by atoms with Crippen LogP contribution in [0.4, 0.5) is 5.82 Å². The van der Waals surface area contributed by atoms with E-state index in [1.165, 1.54) is 17.5 Å². The van der Waals surface area contributed by atoms with Crippen LogP contribution in [0.5, 0.6) is 5.75 Å². The van der Waals surface area contributed by atoms with Crippen molar-refractivity contribution in [2.24, 2.45) is 5.92 Å². The van der Waals surface area contributed by atoms with Crippen LogP contribution in [0.3, 0.4) is 0 Å². The number of fused-ring (bicyclic) bond motifs is 1. The second-order valence-corrected chi connectivity index (χ2v) is 7.08. The summed E-state index contributed by atoms with van der Waals surface area (Å²) in [7, 11) is 0. The van der Waals surface area contributed by atoms with Gasteiger partial charge in [0, 0.05) is 31.4 Å². The molecule has 25 heavy (non-hydrogen) atoms. The van der Waals surface area contributed by atoms with Gasteiger partial charge in [0.15, 0.2) is 0 Å². The molecule has 0 saturated carbocycles. The number of pyridine rings is 1. The highest BCUT2D eigenvalue weighted by Gasteiger charge is 2.24. The summed E-state index contributed by atoms with van der Waals surface area (Å²) in [6, 6.07) is 10.2. The van der Waals surface area contributed by atoms with Crippen molar-refractivity contribution < 1.29 is 9.53 Å². The van der Waals surface area contributed by atoms with E-state index in [-0.39, 0.29) is 5.97 Å². The summed E-state index contributed by atoms with van der Waals surface area (Å²) in [5, 5.41) is 3.46. The van der Waals surface area contributed by atoms with Crippen molar-refractivity contribution in [2.75, 3.05) is 25.0 Å². The van der Waals surface area contributed by atoms with Crippen molar-refractivity contribution in [3.8, 4) is 5.75 Å². The van der Waals surface area contributed by atoms with E-state index in [1.54, 1.807) is 0 Å². The lowest BCUT2D eigenvalue weighted by Crippen LogP contribution is -2.22. The Morgan fingerprint density at radius 1 is 1.32 bits per heavy atom. The molecule has 0 bridgehead atoms. The van der Waals surface area contributed by atoms with E-state index in [0.29, 0.717) is 12.3 Å². The van der Waals surface area contributed by atoms with E-state index < -0.39 is 0 Å². The minimum absolute atomic E-state index is 0.149. The number of carbonyl (C=O) groups excluding carboxylic acids is 1. The molecule has 1 N–H and O–H groups in total. The third kappa shape index (κ3) is 3.82. The van der Waals surface area contributed by atoms with Gasteiger partial charge in [-0.3, -0.25) is 9.69 Å². The number of ether oxygens (including phenoxy) is 1. The number of hydrogen-bond acceptors (Lipinski definition) is 5. The predicted molar refractivity (Wildman–Crippen MR) is 96.6 cm³/mol. The van der Waals surface area contributed by atoms with Crippen molar-refractivity contribution in [3.05, 3.63) is 53.2 Å². The fourth-order valence-electron chi connectivity index (χ4n) is 3.62. The number of nitrogens with zero attached hydrogens (tertiary/aromatic N) is 2. The van der Waals surface area contributed by atoms with Crippen LogP contribution in [-0.2, 0) is 17.8 Å². The molecular weight excluding hydrogens is 314 g/mol. The molecule has 4 rings (SSSR count). The second-order valence-electron chi connectivity index (χ2n) is 7.08. The van der Waals surface area contributed by atoms with Crippen LogP contribution in [0.2, 0.25) is 0 Å². The summed E-state index contributed by atoms with van der Waals surface area (Å²) in [5.41, 5.74) is 3.44. The summed E-state index contributed by atoms with van der Waals surface area (Å²) in [6.07, 6.45) is 3.44. The molecule has 0 radical (unpaired) electrons. The zero-order valence-corrected chi connectivity index (χ0v) is 14.5. The molecule has 5 nitrogen and oxygen atoms in total. The first kappa shape index (κ1) is 16.1. The molecular formula is C20H23N3O2. The first-order valence-electron chi connectivity index (χ1n) is 8.87. The molecule has 1 aromatic carbocycles. The van der Waals surface area contributed by atoms with Gasteiger partial charge in [-0.15, -0.1) is 0 Å². The molecule has 2 aliphatic heterocycles. The number of esters is 1. The molecule has 2 aromatic rings. The monoisotopic (exact) mass is 337 g/mol. The Morgan fingerprint density at radius 3 is 3.12 bits per heavy atom. The zero-order chi connectivity index (χ0) is 17.2. The van der Waals surface area contributed by atoms with Gasteiger partial charge in [-0.2, -0.15) is 0 Å². The maximum Gasteiger partial charge on any atom is 0.315 e. The van der Waals surface area contributed by atoms with Gasteiger partial charge < -0.3 is 10.1 Å². The van der Waals surface area contributed by atoms with Crippen molar-refractivity contribution in [1.82, 2.24) is 9.88 Å². The Balaban J connectivity index is 1.29. The number of likely N-dealkylation sites (tertiary alicyclic amines) is 1. The molecule has 0 aliphatic carbocycles. The molecule has 1 aromatic heterocycles. The van der Waals surface area contributed by atoms with E-state index in [4.69, 9.17) is 4.74 Å². The SMILES string of the molecule is Cc1ccnc(NC[C@@H]2CCN(Cc3ccc4c(c3)OC(=O)C4)C2)c1. The summed E-state index contributed by atoms with van der Waals surface area (Å²) in [4.78, 5) is 18.2. The highest BCUT2D eigenvalue weighted by Crippen LogP contribution is 2.28.